The zero-order valence-electron chi connectivity index (χ0n) is 7.19. The molecule has 1 aliphatic heterocycles. The van der Waals surface area contributed by atoms with Gasteiger partial charge in [0.05, 0.1) is 0 Å². The van der Waals surface area contributed by atoms with Crippen LogP contribution in [0.25, 0.3) is 0 Å². The lowest BCUT2D eigenvalue weighted by Crippen LogP contribution is -2.22. The van der Waals surface area contributed by atoms with Gasteiger partial charge in [-0.2, -0.15) is 0 Å². The van der Waals surface area contributed by atoms with Gasteiger partial charge in [-0.25, -0.2) is 0 Å². The molecule has 1 rings (SSSR count). The summed E-state index contributed by atoms with van der Waals surface area (Å²) >= 11 is 0. The standard InChI is InChI=1S/C9H19N/c1-3-4-5-9-6-7-10-8(9)2/h8-10H,3-7H2,1-2H3/t8-,9+/m0/s1. The number of hydrogen-bond acceptors (Lipinski definition) is 1. The highest BCUT2D eigenvalue weighted by molar-refractivity contribution is 4.79. The van der Waals surface area contributed by atoms with E-state index in [-0.39, 0.29) is 0 Å². The highest BCUT2D eigenvalue weighted by Gasteiger charge is 2.21. The Balaban J connectivity index is 2.14. The van der Waals surface area contributed by atoms with Crippen molar-refractivity contribution in [2.45, 2.75) is 45.6 Å². The molecule has 0 saturated carbocycles. The van der Waals surface area contributed by atoms with Gasteiger partial charge in [-0.05, 0) is 32.2 Å². The third-order valence-electron chi connectivity index (χ3n) is 2.62. The molecular weight excluding hydrogens is 122 g/mol. The van der Waals surface area contributed by atoms with Crippen LogP contribution in [0, 0.1) is 5.92 Å². The number of hydrogen-bond donors (Lipinski definition) is 1. The Bertz CT molecular complexity index is 90.7. The van der Waals surface area contributed by atoms with E-state index in [1.165, 1.54) is 32.2 Å². The second-order valence-corrected chi connectivity index (χ2v) is 3.43. The molecule has 0 unspecified atom stereocenters. The van der Waals surface area contributed by atoms with E-state index in [1.807, 2.05) is 0 Å². The fourth-order valence-electron chi connectivity index (χ4n) is 1.77. The highest BCUT2D eigenvalue weighted by Crippen LogP contribution is 2.20. The normalized spacial score (nSPS) is 33.0. The van der Waals surface area contributed by atoms with Crippen LogP contribution in [-0.2, 0) is 0 Å². The van der Waals surface area contributed by atoms with Crippen molar-refractivity contribution >= 4 is 0 Å². The van der Waals surface area contributed by atoms with Crippen LogP contribution in [0.15, 0.2) is 0 Å². The maximum absolute atomic E-state index is 3.48. The van der Waals surface area contributed by atoms with Crippen molar-refractivity contribution in [3.05, 3.63) is 0 Å². The van der Waals surface area contributed by atoms with Gasteiger partial charge in [-0.1, -0.05) is 19.8 Å². The molecule has 0 bridgehead atoms. The summed E-state index contributed by atoms with van der Waals surface area (Å²) in [7, 11) is 0. The molecule has 0 amide bonds. The molecule has 1 heteroatoms. The third-order valence-corrected chi connectivity index (χ3v) is 2.62. The molecule has 60 valence electrons. The SMILES string of the molecule is CCCC[C@@H]1CCN[C@H]1C. The quantitative estimate of drug-likeness (QED) is 0.635. The molecule has 2 atom stereocenters. The smallest absolute Gasteiger partial charge is 0.00674 e. The summed E-state index contributed by atoms with van der Waals surface area (Å²) in [4.78, 5) is 0. The lowest BCUT2D eigenvalue weighted by Gasteiger charge is -2.13. The van der Waals surface area contributed by atoms with E-state index < -0.39 is 0 Å². The molecule has 0 radical (unpaired) electrons. The first-order chi connectivity index (χ1) is 4.84. The molecule has 0 aromatic heterocycles. The topological polar surface area (TPSA) is 12.0 Å². The van der Waals surface area contributed by atoms with Gasteiger partial charge in [0.15, 0.2) is 0 Å². The maximum atomic E-state index is 3.48. The van der Waals surface area contributed by atoms with E-state index in [1.54, 1.807) is 0 Å². The number of nitrogens with one attached hydrogen (secondary N) is 1. The predicted molar refractivity (Wildman–Crippen MR) is 45.1 cm³/mol. The molecular formula is C9H19N. The summed E-state index contributed by atoms with van der Waals surface area (Å²) < 4.78 is 0. The van der Waals surface area contributed by atoms with E-state index in [0.717, 1.165) is 12.0 Å². The van der Waals surface area contributed by atoms with Gasteiger partial charge in [0.25, 0.3) is 0 Å². The van der Waals surface area contributed by atoms with Gasteiger partial charge in [0.1, 0.15) is 0 Å². The second kappa shape index (κ2) is 3.97. The molecule has 0 spiro atoms. The predicted octanol–water partition coefficient (Wildman–Crippen LogP) is 2.17. The highest BCUT2D eigenvalue weighted by atomic mass is 14.9. The van der Waals surface area contributed by atoms with Crippen molar-refractivity contribution in [2.24, 2.45) is 5.92 Å². The Morgan fingerprint density at radius 1 is 1.50 bits per heavy atom. The van der Waals surface area contributed by atoms with Crippen LogP contribution in [0.4, 0.5) is 0 Å². The summed E-state index contributed by atoms with van der Waals surface area (Å²) in [6.07, 6.45) is 5.60. The van der Waals surface area contributed by atoms with Gasteiger partial charge in [-0.3, -0.25) is 0 Å². The van der Waals surface area contributed by atoms with Crippen LogP contribution in [-0.4, -0.2) is 12.6 Å². The van der Waals surface area contributed by atoms with Crippen LogP contribution < -0.4 is 5.32 Å². The monoisotopic (exact) mass is 141 g/mol. The first kappa shape index (κ1) is 8.06. The molecule has 1 N–H and O–H groups in total. The molecule has 0 aromatic carbocycles. The van der Waals surface area contributed by atoms with Crippen LogP contribution in [0.3, 0.4) is 0 Å². The minimum Gasteiger partial charge on any atom is -0.314 e. The van der Waals surface area contributed by atoms with Crippen molar-refractivity contribution in [1.82, 2.24) is 5.32 Å². The average molecular weight is 141 g/mol. The van der Waals surface area contributed by atoms with Crippen LogP contribution in [0.1, 0.15) is 39.5 Å². The minimum atomic E-state index is 0.784. The Kier molecular flexibility index (Phi) is 3.20. The molecule has 1 nitrogen and oxygen atoms in total. The third kappa shape index (κ3) is 1.98. The zero-order valence-corrected chi connectivity index (χ0v) is 7.19. The van der Waals surface area contributed by atoms with Gasteiger partial charge in [0.2, 0.25) is 0 Å². The summed E-state index contributed by atoms with van der Waals surface area (Å²) in [6.45, 7) is 5.83. The van der Waals surface area contributed by atoms with Crippen molar-refractivity contribution < 1.29 is 0 Å². The molecule has 10 heavy (non-hydrogen) atoms. The average Bonchev–Trinajstić information content (AvgIpc) is 2.31. The Morgan fingerprint density at radius 2 is 2.30 bits per heavy atom. The maximum Gasteiger partial charge on any atom is 0.00674 e. The first-order valence-electron chi connectivity index (χ1n) is 4.58. The molecule has 0 aromatic rings. The first-order valence-corrected chi connectivity index (χ1v) is 4.58. The Morgan fingerprint density at radius 3 is 2.80 bits per heavy atom. The fraction of sp³-hybridized carbons (Fsp3) is 1.00. The van der Waals surface area contributed by atoms with Gasteiger partial charge in [-0.15, -0.1) is 0 Å². The zero-order chi connectivity index (χ0) is 7.40. The summed E-state index contributed by atoms with van der Waals surface area (Å²) in [6, 6.07) is 0.784. The number of unbranched alkanes of at least 4 members (excludes halogenated alkanes) is 1. The van der Waals surface area contributed by atoms with Crippen LogP contribution in [0.2, 0.25) is 0 Å². The summed E-state index contributed by atoms with van der Waals surface area (Å²) in [5, 5.41) is 3.48. The van der Waals surface area contributed by atoms with E-state index in [0.29, 0.717) is 0 Å². The lowest BCUT2D eigenvalue weighted by molar-refractivity contribution is 0.429. The molecule has 1 saturated heterocycles. The Hall–Kier alpha value is -0.0400. The van der Waals surface area contributed by atoms with E-state index in [9.17, 15) is 0 Å². The minimum absolute atomic E-state index is 0.784. The number of rotatable bonds is 3. The molecule has 1 heterocycles. The second-order valence-electron chi connectivity index (χ2n) is 3.43. The fourth-order valence-corrected chi connectivity index (χ4v) is 1.77. The van der Waals surface area contributed by atoms with E-state index >= 15 is 0 Å². The van der Waals surface area contributed by atoms with E-state index in [2.05, 4.69) is 19.2 Å². The van der Waals surface area contributed by atoms with Crippen LogP contribution in [0.5, 0.6) is 0 Å². The Labute approximate surface area is 64.2 Å². The summed E-state index contributed by atoms with van der Waals surface area (Å²) in [5.41, 5.74) is 0. The van der Waals surface area contributed by atoms with Crippen molar-refractivity contribution in [3.8, 4) is 0 Å². The summed E-state index contributed by atoms with van der Waals surface area (Å²) in [5.74, 6) is 0.972. The molecule has 1 fully saturated rings. The molecule has 1 aliphatic rings. The largest absolute Gasteiger partial charge is 0.314 e. The van der Waals surface area contributed by atoms with Gasteiger partial charge >= 0.3 is 0 Å². The van der Waals surface area contributed by atoms with Gasteiger partial charge < -0.3 is 5.32 Å². The van der Waals surface area contributed by atoms with Gasteiger partial charge in [0, 0.05) is 6.04 Å². The van der Waals surface area contributed by atoms with Crippen molar-refractivity contribution in [1.29, 1.82) is 0 Å². The van der Waals surface area contributed by atoms with Crippen LogP contribution >= 0.6 is 0 Å². The lowest BCUT2D eigenvalue weighted by atomic mass is 9.96. The van der Waals surface area contributed by atoms with Crippen molar-refractivity contribution in [2.75, 3.05) is 6.54 Å². The van der Waals surface area contributed by atoms with Crippen molar-refractivity contribution in [3.63, 3.8) is 0 Å². The van der Waals surface area contributed by atoms with E-state index in [4.69, 9.17) is 0 Å². The molecule has 0 aliphatic carbocycles.